The molecule has 0 saturated heterocycles. The van der Waals surface area contributed by atoms with Crippen LogP contribution in [0.4, 0.5) is 10.1 Å². The van der Waals surface area contributed by atoms with E-state index in [1.165, 1.54) is 12.1 Å². The number of nitrogens with two attached hydrogens (primary N) is 1. The fourth-order valence-corrected chi connectivity index (χ4v) is 1.65. The Bertz CT molecular complexity index is 532. The van der Waals surface area contributed by atoms with Gasteiger partial charge in [0.2, 0.25) is 0 Å². The summed E-state index contributed by atoms with van der Waals surface area (Å²) in [5.74, 6) is 0.974. The number of aryl methyl sites for hydroxylation is 2. The molecule has 0 radical (unpaired) electrons. The van der Waals surface area contributed by atoms with Crippen LogP contribution in [0.25, 0.3) is 0 Å². The van der Waals surface area contributed by atoms with Gasteiger partial charge in [-0.3, -0.25) is 0 Å². The van der Waals surface area contributed by atoms with E-state index in [9.17, 15) is 4.39 Å². The van der Waals surface area contributed by atoms with Gasteiger partial charge in [-0.15, -0.1) is 0 Å². The molecule has 88 valence electrons. The Kier molecular flexibility index (Phi) is 3.00. The molecule has 17 heavy (non-hydrogen) atoms. The standard InChI is InChI=1S/C14H14FNO/c1-9-4-3-5-12(16)14(9)17-13-7-6-11(15)8-10(13)2/h3-8H,16H2,1-2H3. The minimum absolute atomic E-state index is 0.271. The molecule has 2 rings (SSSR count). The maximum atomic E-state index is 13.0. The Morgan fingerprint density at radius 3 is 2.47 bits per heavy atom. The lowest BCUT2D eigenvalue weighted by Gasteiger charge is -2.12. The van der Waals surface area contributed by atoms with E-state index < -0.39 is 0 Å². The number of nitrogen functional groups attached to an aromatic ring is 1. The fourth-order valence-electron chi connectivity index (χ4n) is 1.65. The van der Waals surface area contributed by atoms with Crippen LogP contribution >= 0.6 is 0 Å². The topological polar surface area (TPSA) is 35.2 Å². The first kappa shape index (κ1) is 11.5. The zero-order valence-electron chi connectivity index (χ0n) is 9.83. The quantitative estimate of drug-likeness (QED) is 0.797. The smallest absolute Gasteiger partial charge is 0.153 e. The number of benzene rings is 2. The van der Waals surface area contributed by atoms with Gasteiger partial charge in [0.05, 0.1) is 5.69 Å². The van der Waals surface area contributed by atoms with Crippen LogP contribution < -0.4 is 10.5 Å². The number of halogens is 1. The number of rotatable bonds is 2. The van der Waals surface area contributed by atoms with Crippen molar-refractivity contribution >= 4 is 5.69 Å². The molecular formula is C14H14FNO. The monoisotopic (exact) mass is 231 g/mol. The molecule has 2 aromatic carbocycles. The highest BCUT2D eigenvalue weighted by molar-refractivity contribution is 5.58. The molecule has 3 heteroatoms. The molecule has 0 aliphatic heterocycles. The molecule has 0 aliphatic rings. The molecule has 2 nitrogen and oxygen atoms in total. The van der Waals surface area contributed by atoms with Crippen LogP contribution in [-0.4, -0.2) is 0 Å². The summed E-state index contributed by atoms with van der Waals surface area (Å²) in [5, 5.41) is 0. The fraction of sp³-hybridized carbons (Fsp3) is 0.143. The zero-order valence-corrected chi connectivity index (χ0v) is 9.83. The minimum atomic E-state index is -0.271. The molecule has 0 saturated carbocycles. The van der Waals surface area contributed by atoms with Crippen molar-refractivity contribution in [2.75, 3.05) is 5.73 Å². The molecule has 0 aliphatic carbocycles. The van der Waals surface area contributed by atoms with Crippen LogP contribution in [-0.2, 0) is 0 Å². The third-order valence-corrected chi connectivity index (χ3v) is 2.59. The number of para-hydroxylation sites is 1. The van der Waals surface area contributed by atoms with Gasteiger partial charge in [-0.1, -0.05) is 12.1 Å². The van der Waals surface area contributed by atoms with Crippen LogP contribution in [0.1, 0.15) is 11.1 Å². The highest BCUT2D eigenvalue weighted by Crippen LogP contribution is 2.32. The van der Waals surface area contributed by atoms with Crippen molar-refractivity contribution < 1.29 is 9.13 Å². The molecule has 0 spiro atoms. The maximum Gasteiger partial charge on any atom is 0.153 e. The normalized spacial score (nSPS) is 10.3. The SMILES string of the molecule is Cc1cc(F)ccc1Oc1c(C)cccc1N. The highest BCUT2D eigenvalue weighted by atomic mass is 19.1. The first-order valence-electron chi connectivity index (χ1n) is 5.37. The predicted molar refractivity (Wildman–Crippen MR) is 66.8 cm³/mol. The molecule has 2 N–H and O–H groups in total. The largest absolute Gasteiger partial charge is 0.455 e. The molecule has 0 aromatic heterocycles. The van der Waals surface area contributed by atoms with E-state index in [-0.39, 0.29) is 5.82 Å². The van der Waals surface area contributed by atoms with Crippen LogP contribution in [0.2, 0.25) is 0 Å². The third kappa shape index (κ3) is 2.38. The van der Waals surface area contributed by atoms with Gasteiger partial charge in [0, 0.05) is 0 Å². The van der Waals surface area contributed by atoms with E-state index in [1.54, 1.807) is 19.1 Å². The molecule has 0 heterocycles. The lowest BCUT2D eigenvalue weighted by atomic mass is 10.2. The van der Waals surface area contributed by atoms with Gasteiger partial charge in [0.25, 0.3) is 0 Å². The second kappa shape index (κ2) is 4.45. The summed E-state index contributed by atoms with van der Waals surface area (Å²) in [4.78, 5) is 0. The summed E-state index contributed by atoms with van der Waals surface area (Å²) in [5.41, 5.74) is 8.12. The summed E-state index contributed by atoms with van der Waals surface area (Å²) in [6.07, 6.45) is 0. The molecule has 2 aromatic rings. The number of hydrogen-bond donors (Lipinski definition) is 1. The number of hydrogen-bond acceptors (Lipinski definition) is 2. The van der Waals surface area contributed by atoms with E-state index in [4.69, 9.17) is 10.5 Å². The van der Waals surface area contributed by atoms with Crippen molar-refractivity contribution in [3.05, 3.63) is 53.3 Å². The van der Waals surface area contributed by atoms with Gasteiger partial charge in [-0.2, -0.15) is 0 Å². The average molecular weight is 231 g/mol. The van der Waals surface area contributed by atoms with E-state index in [0.717, 1.165) is 11.1 Å². The Balaban J connectivity index is 2.38. The zero-order chi connectivity index (χ0) is 12.4. The van der Waals surface area contributed by atoms with E-state index in [1.807, 2.05) is 19.1 Å². The van der Waals surface area contributed by atoms with Gasteiger partial charge in [0.1, 0.15) is 11.6 Å². The van der Waals surface area contributed by atoms with Crippen LogP contribution in [0.15, 0.2) is 36.4 Å². The van der Waals surface area contributed by atoms with Crippen molar-refractivity contribution in [2.24, 2.45) is 0 Å². The van der Waals surface area contributed by atoms with E-state index in [0.29, 0.717) is 17.2 Å². The van der Waals surface area contributed by atoms with Crippen LogP contribution in [0.5, 0.6) is 11.5 Å². The summed E-state index contributed by atoms with van der Waals surface area (Å²) in [6, 6.07) is 9.98. The number of anilines is 1. The predicted octanol–water partition coefficient (Wildman–Crippen LogP) is 3.82. The van der Waals surface area contributed by atoms with Crippen LogP contribution in [0.3, 0.4) is 0 Å². The van der Waals surface area contributed by atoms with Crippen molar-refractivity contribution in [1.29, 1.82) is 0 Å². The summed E-state index contributed by atoms with van der Waals surface area (Å²) in [6.45, 7) is 3.72. The Morgan fingerprint density at radius 2 is 1.82 bits per heavy atom. The molecule has 0 fully saturated rings. The third-order valence-electron chi connectivity index (χ3n) is 2.59. The van der Waals surface area contributed by atoms with E-state index >= 15 is 0 Å². The molecule has 0 bridgehead atoms. The molecule has 0 unspecified atom stereocenters. The van der Waals surface area contributed by atoms with Gasteiger partial charge in [0.15, 0.2) is 5.75 Å². The molecule has 0 amide bonds. The maximum absolute atomic E-state index is 13.0. The van der Waals surface area contributed by atoms with Gasteiger partial charge in [-0.05, 0) is 49.2 Å². The molecular weight excluding hydrogens is 217 g/mol. The van der Waals surface area contributed by atoms with Crippen molar-refractivity contribution in [3.63, 3.8) is 0 Å². The first-order chi connectivity index (χ1) is 8.08. The summed E-state index contributed by atoms with van der Waals surface area (Å²) in [7, 11) is 0. The Morgan fingerprint density at radius 1 is 1.06 bits per heavy atom. The average Bonchev–Trinajstić information content (AvgIpc) is 2.26. The molecule has 0 atom stereocenters. The minimum Gasteiger partial charge on any atom is -0.455 e. The second-order valence-electron chi connectivity index (χ2n) is 4.01. The van der Waals surface area contributed by atoms with E-state index in [2.05, 4.69) is 0 Å². The summed E-state index contributed by atoms with van der Waals surface area (Å²) < 4.78 is 18.7. The lowest BCUT2D eigenvalue weighted by Crippen LogP contribution is -1.95. The first-order valence-corrected chi connectivity index (χ1v) is 5.37. The lowest BCUT2D eigenvalue weighted by molar-refractivity contribution is 0.475. The summed E-state index contributed by atoms with van der Waals surface area (Å²) >= 11 is 0. The van der Waals surface area contributed by atoms with Gasteiger partial charge >= 0.3 is 0 Å². The number of ether oxygens (including phenoxy) is 1. The second-order valence-corrected chi connectivity index (χ2v) is 4.01. The Labute approximate surface area is 99.8 Å². The van der Waals surface area contributed by atoms with Gasteiger partial charge < -0.3 is 10.5 Å². The van der Waals surface area contributed by atoms with Gasteiger partial charge in [-0.25, -0.2) is 4.39 Å². The van der Waals surface area contributed by atoms with Crippen molar-refractivity contribution in [3.8, 4) is 11.5 Å². The van der Waals surface area contributed by atoms with Crippen molar-refractivity contribution in [1.82, 2.24) is 0 Å². The van der Waals surface area contributed by atoms with Crippen LogP contribution in [0, 0.1) is 19.7 Å². The van der Waals surface area contributed by atoms with Crippen molar-refractivity contribution in [2.45, 2.75) is 13.8 Å². The highest BCUT2D eigenvalue weighted by Gasteiger charge is 2.07. The Hall–Kier alpha value is -2.03.